The minimum Gasteiger partial charge on any atom is -0.376 e. The molecule has 0 heterocycles. The Morgan fingerprint density at radius 2 is 1.42 bits per heavy atom. The van der Waals surface area contributed by atoms with Crippen LogP contribution in [-0.2, 0) is 4.74 Å². The summed E-state index contributed by atoms with van der Waals surface area (Å²) in [5, 5.41) is 0. The van der Waals surface area contributed by atoms with Gasteiger partial charge in [0.1, 0.15) is 0 Å². The van der Waals surface area contributed by atoms with Gasteiger partial charge >= 0.3 is 0 Å². The molecular weight excluding hydrogens is 234 g/mol. The smallest absolute Gasteiger partial charge is 0.0626 e. The summed E-state index contributed by atoms with van der Waals surface area (Å²) < 4.78 is 6.04. The third-order valence-electron chi connectivity index (χ3n) is 4.77. The molecule has 114 valence electrons. The lowest BCUT2D eigenvalue weighted by molar-refractivity contribution is -0.0315. The van der Waals surface area contributed by atoms with E-state index >= 15 is 0 Å². The Hall–Kier alpha value is -0.0800. The number of ether oxygens (including phenoxy) is 1. The Morgan fingerprint density at radius 1 is 0.895 bits per heavy atom. The molecule has 1 saturated carbocycles. The minimum atomic E-state index is -0.118. The first kappa shape index (κ1) is 17.0. The lowest BCUT2D eigenvalue weighted by Crippen LogP contribution is -2.35. The van der Waals surface area contributed by atoms with Gasteiger partial charge in [0, 0.05) is 12.1 Å². The number of nitrogens with two attached hydrogens (primary N) is 1. The summed E-state index contributed by atoms with van der Waals surface area (Å²) in [6, 6.07) is 0. The van der Waals surface area contributed by atoms with Crippen LogP contribution < -0.4 is 5.73 Å². The van der Waals surface area contributed by atoms with Gasteiger partial charge in [-0.2, -0.15) is 0 Å². The number of hydrogen-bond acceptors (Lipinski definition) is 2. The highest BCUT2D eigenvalue weighted by atomic mass is 16.5. The molecule has 1 aliphatic carbocycles. The second-order valence-electron chi connectivity index (χ2n) is 7.69. The van der Waals surface area contributed by atoms with E-state index in [1.165, 1.54) is 25.7 Å². The molecule has 0 aromatic carbocycles. The first-order valence-electron chi connectivity index (χ1n) is 8.13. The third-order valence-corrected chi connectivity index (χ3v) is 4.77. The Balaban J connectivity index is 2.24. The van der Waals surface area contributed by atoms with E-state index in [1.807, 2.05) is 0 Å². The molecule has 0 spiro atoms. The monoisotopic (exact) mass is 269 g/mol. The van der Waals surface area contributed by atoms with Crippen molar-refractivity contribution in [2.24, 2.45) is 23.5 Å². The highest BCUT2D eigenvalue weighted by Crippen LogP contribution is 2.53. The van der Waals surface area contributed by atoms with Crippen LogP contribution in [0.15, 0.2) is 0 Å². The van der Waals surface area contributed by atoms with Gasteiger partial charge in [-0.05, 0) is 64.7 Å². The van der Waals surface area contributed by atoms with Crippen LogP contribution in [-0.4, -0.2) is 17.7 Å². The summed E-state index contributed by atoms with van der Waals surface area (Å²) in [5.74, 6) is 2.94. The zero-order valence-electron chi connectivity index (χ0n) is 14.0. The summed E-state index contributed by atoms with van der Waals surface area (Å²) in [6.45, 7) is 14.0. The predicted molar refractivity (Wildman–Crippen MR) is 83.2 cm³/mol. The van der Waals surface area contributed by atoms with Crippen molar-refractivity contribution < 1.29 is 4.74 Å². The molecule has 0 saturated heterocycles. The molecule has 0 aliphatic heterocycles. The first-order valence-corrected chi connectivity index (χ1v) is 8.13. The molecule has 0 aromatic heterocycles. The standard InChI is InChI=1S/C17H35NO/c1-7-13-14(8-2)15(13)9-10-17(5,6)19-12-11-16(3,4)18/h13-15H,7-12,18H2,1-6H3. The van der Waals surface area contributed by atoms with Crippen LogP contribution in [0.3, 0.4) is 0 Å². The van der Waals surface area contributed by atoms with Crippen molar-refractivity contribution in [3.05, 3.63) is 0 Å². The van der Waals surface area contributed by atoms with Crippen molar-refractivity contribution in [2.75, 3.05) is 6.61 Å². The molecule has 2 heteroatoms. The Morgan fingerprint density at radius 3 is 1.84 bits per heavy atom. The second kappa shape index (κ2) is 6.58. The fourth-order valence-electron chi connectivity index (χ4n) is 3.34. The van der Waals surface area contributed by atoms with Crippen molar-refractivity contribution in [3.63, 3.8) is 0 Å². The lowest BCUT2D eigenvalue weighted by Gasteiger charge is -2.28. The first-order chi connectivity index (χ1) is 8.70. The van der Waals surface area contributed by atoms with E-state index in [-0.39, 0.29) is 11.1 Å². The summed E-state index contributed by atoms with van der Waals surface area (Å²) in [7, 11) is 0. The molecule has 0 bridgehead atoms. The van der Waals surface area contributed by atoms with Crippen molar-refractivity contribution >= 4 is 0 Å². The maximum absolute atomic E-state index is 6.04. The van der Waals surface area contributed by atoms with Gasteiger partial charge in [-0.25, -0.2) is 0 Å². The zero-order chi connectivity index (χ0) is 14.7. The highest BCUT2D eigenvalue weighted by molar-refractivity contribution is 4.95. The molecule has 2 unspecified atom stereocenters. The van der Waals surface area contributed by atoms with Gasteiger partial charge in [0.2, 0.25) is 0 Å². The average Bonchev–Trinajstić information content (AvgIpc) is 2.96. The van der Waals surface area contributed by atoms with Gasteiger partial charge in [0.25, 0.3) is 0 Å². The molecule has 2 atom stereocenters. The molecule has 2 nitrogen and oxygen atoms in total. The van der Waals surface area contributed by atoms with Gasteiger partial charge in [-0.1, -0.05) is 26.7 Å². The van der Waals surface area contributed by atoms with Crippen molar-refractivity contribution in [1.82, 2.24) is 0 Å². The van der Waals surface area contributed by atoms with Crippen LogP contribution >= 0.6 is 0 Å². The van der Waals surface area contributed by atoms with Gasteiger partial charge < -0.3 is 10.5 Å². The molecule has 1 aliphatic rings. The normalized spacial score (nSPS) is 27.6. The maximum atomic E-state index is 6.04. The van der Waals surface area contributed by atoms with E-state index in [4.69, 9.17) is 10.5 Å². The summed E-state index contributed by atoms with van der Waals surface area (Å²) in [6.07, 6.45) is 6.14. The molecule has 2 N–H and O–H groups in total. The van der Waals surface area contributed by atoms with E-state index in [1.54, 1.807) is 0 Å². The van der Waals surface area contributed by atoms with Crippen molar-refractivity contribution in [3.8, 4) is 0 Å². The quantitative estimate of drug-likeness (QED) is 0.674. The summed E-state index contributed by atoms with van der Waals surface area (Å²) in [4.78, 5) is 0. The van der Waals surface area contributed by atoms with E-state index in [2.05, 4.69) is 41.5 Å². The Labute approximate surface area is 120 Å². The zero-order valence-corrected chi connectivity index (χ0v) is 14.0. The van der Waals surface area contributed by atoms with E-state index in [9.17, 15) is 0 Å². The van der Waals surface area contributed by atoms with Crippen LogP contribution in [0.4, 0.5) is 0 Å². The second-order valence-corrected chi connectivity index (χ2v) is 7.69. The van der Waals surface area contributed by atoms with Crippen LogP contribution in [0.1, 0.15) is 73.6 Å². The Kier molecular flexibility index (Phi) is 5.88. The topological polar surface area (TPSA) is 35.2 Å². The summed E-state index contributed by atoms with van der Waals surface area (Å²) in [5.41, 5.74) is 5.88. The molecule has 19 heavy (non-hydrogen) atoms. The van der Waals surface area contributed by atoms with Crippen LogP contribution in [0.5, 0.6) is 0 Å². The SMILES string of the molecule is CCC1C(CC)C1CCC(C)(C)OCCC(C)(C)N. The molecule has 1 fully saturated rings. The van der Waals surface area contributed by atoms with Crippen LogP contribution in [0.25, 0.3) is 0 Å². The molecular formula is C17H35NO. The Bertz CT molecular complexity index is 257. The summed E-state index contributed by atoms with van der Waals surface area (Å²) >= 11 is 0. The number of rotatable bonds is 9. The fraction of sp³-hybridized carbons (Fsp3) is 1.00. The van der Waals surface area contributed by atoms with Crippen LogP contribution in [0.2, 0.25) is 0 Å². The van der Waals surface area contributed by atoms with Gasteiger partial charge in [0.05, 0.1) is 5.60 Å². The lowest BCUT2D eigenvalue weighted by atomic mass is 9.98. The van der Waals surface area contributed by atoms with Gasteiger partial charge in [-0.15, -0.1) is 0 Å². The average molecular weight is 269 g/mol. The van der Waals surface area contributed by atoms with Crippen LogP contribution in [0, 0.1) is 17.8 Å². The number of hydrogen-bond donors (Lipinski definition) is 1. The van der Waals surface area contributed by atoms with Crippen molar-refractivity contribution in [2.45, 2.75) is 84.8 Å². The molecule has 1 rings (SSSR count). The predicted octanol–water partition coefficient (Wildman–Crippen LogP) is 4.37. The van der Waals surface area contributed by atoms with E-state index < -0.39 is 0 Å². The molecule has 0 radical (unpaired) electrons. The van der Waals surface area contributed by atoms with Crippen molar-refractivity contribution in [1.29, 1.82) is 0 Å². The van der Waals surface area contributed by atoms with Gasteiger partial charge in [-0.3, -0.25) is 0 Å². The van der Waals surface area contributed by atoms with Gasteiger partial charge in [0.15, 0.2) is 0 Å². The maximum Gasteiger partial charge on any atom is 0.0626 e. The third kappa shape index (κ3) is 5.83. The molecule has 0 aromatic rings. The highest BCUT2D eigenvalue weighted by Gasteiger charge is 2.46. The van der Waals surface area contributed by atoms with E-state index in [0.717, 1.165) is 30.8 Å². The fourth-order valence-corrected chi connectivity index (χ4v) is 3.34. The minimum absolute atomic E-state index is 0.00439. The largest absolute Gasteiger partial charge is 0.376 e. The molecule has 0 amide bonds. The van der Waals surface area contributed by atoms with E-state index in [0.29, 0.717) is 0 Å².